The number of rotatable bonds is 2. The topological polar surface area (TPSA) is 52.1 Å². The molecule has 70 valence electrons. The summed E-state index contributed by atoms with van der Waals surface area (Å²) in [6.07, 6.45) is 0. The van der Waals surface area contributed by atoms with Gasteiger partial charge in [-0.05, 0) is 19.9 Å². The minimum atomic E-state index is -0.542. The van der Waals surface area contributed by atoms with Gasteiger partial charge in [0.1, 0.15) is 0 Å². The average Bonchev–Trinajstić information content (AvgIpc) is 2.04. The zero-order chi connectivity index (χ0) is 9.84. The van der Waals surface area contributed by atoms with Crippen LogP contribution in [0.1, 0.15) is 23.1 Å². The Labute approximate surface area is 80.9 Å². The van der Waals surface area contributed by atoms with Gasteiger partial charge < -0.3 is 4.74 Å². The van der Waals surface area contributed by atoms with Crippen LogP contribution in [0.25, 0.3) is 0 Å². The first-order valence-corrected chi connectivity index (χ1v) is 4.20. The number of nitrogens with zero attached hydrogens (tertiary/aromatic N) is 2. The molecule has 1 heterocycles. The number of hydrogen-bond acceptors (Lipinski definition) is 4. The number of esters is 1. The molecule has 0 atom stereocenters. The van der Waals surface area contributed by atoms with Crippen molar-refractivity contribution in [2.75, 3.05) is 6.61 Å². The van der Waals surface area contributed by atoms with Gasteiger partial charge in [-0.3, -0.25) is 0 Å². The SMILES string of the molecule is CCOC(=O)c1nnc(C)cc1Cl. The normalized spacial score (nSPS) is 9.77. The minimum Gasteiger partial charge on any atom is -0.461 e. The van der Waals surface area contributed by atoms with E-state index in [1.54, 1.807) is 19.9 Å². The minimum absolute atomic E-state index is 0.0640. The molecule has 0 amide bonds. The molecular formula is C8H9ClN2O2. The van der Waals surface area contributed by atoms with Gasteiger partial charge in [-0.1, -0.05) is 11.6 Å². The van der Waals surface area contributed by atoms with Gasteiger partial charge in [-0.15, -0.1) is 5.10 Å². The smallest absolute Gasteiger partial charge is 0.360 e. The molecule has 0 bridgehead atoms. The van der Waals surface area contributed by atoms with Crippen LogP contribution in [0, 0.1) is 6.92 Å². The third-order valence-corrected chi connectivity index (χ3v) is 1.63. The lowest BCUT2D eigenvalue weighted by atomic mass is 10.3. The highest BCUT2D eigenvalue weighted by molar-refractivity contribution is 6.33. The van der Waals surface area contributed by atoms with Gasteiger partial charge in [0, 0.05) is 0 Å². The summed E-state index contributed by atoms with van der Waals surface area (Å²) in [6.45, 7) is 3.76. The van der Waals surface area contributed by atoms with Crippen molar-refractivity contribution in [1.82, 2.24) is 10.2 Å². The Balaban J connectivity index is 2.95. The molecule has 0 saturated heterocycles. The summed E-state index contributed by atoms with van der Waals surface area (Å²) >= 11 is 5.76. The molecule has 0 saturated carbocycles. The molecule has 13 heavy (non-hydrogen) atoms. The third kappa shape index (κ3) is 2.39. The van der Waals surface area contributed by atoms with Crippen LogP contribution in [0.15, 0.2) is 6.07 Å². The predicted octanol–water partition coefficient (Wildman–Crippen LogP) is 1.62. The maximum Gasteiger partial charge on any atom is 0.360 e. The van der Waals surface area contributed by atoms with Crippen molar-refractivity contribution in [1.29, 1.82) is 0 Å². The first kappa shape index (κ1) is 9.92. The van der Waals surface area contributed by atoms with E-state index in [0.29, 0.717) is 12.3 Å². The highest BCUT2D eigenvalue weighted by Crippen LogP contribution is 2.13. The third-order valence-electron chi connectivity index (χ3n) is 1.34. The fraction of sp³-hybridized carbons (Fsp3) is 0.375. The van der Waals surface area contributed by atoms with Crippen LogP contribution in [-0.2, 0) is 4.74 Å². The number of aryl methyl sites for hydroxylation is 1. The van der Waals surface area contributed by atoms with E-state index in [0.717, 1.165) is 0 Å². The Kier molecular flexibility index (Phi) is 3.19. The summed E-state index contributed by atoms with van der Waals surface area (Å²) in [4.78, 5) is 11.2. The molecule has 0 aliphatic heterocycles. The van der Waals surface area contributed by atoms with E-state index in [1.807, 2.05) is 0 Å². The van der Waals surface area contributed by atoms with Crippen molar-refractivity contribution in [3.05, 3.63) is 22.5 Å². The van der Waals surface area contributed by atoms with E-state index >= 15 is 0 Å². The van der Waals surface area contributed by atoms with Crippen molar-refractivity contribution in [2.24, 2.45) is 0 Å². The molecule has 4 nitrogen and oxygen atoms in total. The summed E-state index contributed by atoms with van der Waals surface area (Å²) in [5, 5.41) is 7.62. The predicted molar refractivity (Wildman–Crippen MR) is 47.7 cm³/mol. The van der Waals surface area contributed by atoms with Crippen molar-refractivity contribution in [3.8, 4) is 0 Å². The highest BCUT2D eigenvalue weighted by atomic mass is 35.5. The lowest BCUT2D eigenvalue weighted by Crippen LogP contribution is -2.09. The summed E-state index contributed by atoms with van der Waals surface area (Å²) in [7, 11) is 0. The number of ether oxygens (including phenoxy) is 1. The van der Waals surface area contributed by atoms with E-state index < -0.39 is 5.97 Å². The van der Waals surface area contributed by atoms with Crippen molar-refractivity contribution >= 4 is 17.6 Å². The standard InChI is InChI=1S/C8H9ClN2O2/c1-3-13-8(12)7-6(9)4-5(2)10-11-7/h4H,3H2,1-2H3. The molecule has 0 unspecified atom stereocenters. The molecule has 0 fully saturated rings. The first-order chi connectivity index (χ1) is 6.15. The van der Waals surface area contributed by atoms with E-state index in [2.05, 4.69) is 10.2 Å². The fourth-order valence-corrected chi connectivity index (χ4v) is 1.07. The lowest BCUT2D eigenvalue weighted by molar-refractivity contribution is 0.0518. The van der Waals surface area contributed by atoms with Gasteiger partial charge in [-0.2, -0.15) is 5.10 Å². The molecule has 1 aromatic heterocycles. The molecule has 0 aliphatic carbocycles. The van der Waals surface area contributed by atoms with Crippen molar-refractivity contribution in [3.63, 3.8) is 0 Å². The van der Waals surface area contributed by atoms with Crippen LogP contribution >= 0.6 is 11.6 Å². The van der Waals surface area contributed by atoms with Gasteiger partial charge in [0.15, 0.2) is 5.69 Å². The fourth-order valence-electron chi connectivity index (χ4n) is 0.795. The molecule has 0 radical (unpaired) electrons. The quantitative estimate of drug-likeness (QED) is 0.681. The second kappa shape index (κ2) is 4.18. The number of carbonyl (C=O) groups excluding carboxylic acids is 1. The Hall–Kier alpha value is -1.16. The van der Waals surface area contributed by atoms with Gasteiger partial charge in [-0.25, -0.2) is 4.79 Å². The molecule has 0 spiro atoms. The van der Waals surface area contributed by atoms with Crippen molar-refractivity contribution < 1.29 is 9.53 Å². The Morgan fingerprint density at radius 1 is 1.62 bits per heavy atom. The van der Waals surface area contributed by atoms with Crippen LogP contribution in [-0.4, -0.2) is 22.8 Å². The van der Waals surface area contributed by atoms with Crippen LogP contribution < -0.4 is 0 Å². The number of halogens is 1. The number of hydrogen-bond donors (Lipinski definition) is 0. The zero-order valence-electron chi connectivity index (χ0n) is 7.37. The van der Waals surface area contributed by atoms with Gasteiger partial charge in [0.05, 0.1) is 17.3 Å². The first-order valence-electron chi connectivity index (χ1n) is 3.82. The molecule has 0 N–H and O–H groups in total. The van der Waals surface area contributed by atoms with Crippen LogP contribution in [0.4, 0.5) is 0 Å². The molecule has 0 aliphatic rings. The lowest BCUT2D eigenvalue weighted by Gasteiger charge is -2.01. The summed E-state index contributed by atoms with van der Waals surface area (Å²) in [5.41, 5.74) is 0.729. The summed E-state index contributed by atoms with van der Waals surface area (Å²) in [6, 6.07) is 1.57. The molecule has 0 aromatic carbocycles. The van der Waals surface area contributed by atoms with E-state index in [4.69, 9.17) is 16.3 Å². The van der Waals surface area contributed by atoms with E-state index in [9.17, 15) is 4.79 Å². The van der Waals surface area contributed by atoms with E-state index in [-0.39, 0.29) is 10.7 Å². The maximum absolute atomic E-state index is 11.2. The van der Waals surface area contributed by atoms with E-state index in [1.165, 1.54) is 0 Å². The molecule has 1 aromatic rings. The maximum atomic E-state index is 11.2. The van der Waals surface area contributed by atoms with Crippen molar-refractivity contribution in [2.45, 2.75) is 13.8 Å². The second-order valence-corrected chi connectivity index (χ2v) is 2.81. The summed E-state index contributed by atoms with van der Waals surface area (Å²) < 4.78 is 4.72. The monoisotopic (exact) mass is 200 g/mol. The number of carbonyl (C=O) groups is 1. The molecular weight excluding hydrogens is 192 g/mol. The van der Waals surface area contributed by atoms with Crippen LogP contribution in [0.2, 0.25) is 5.02 Å². The van der Waals surface area contributed by atoms with Crippen LogP contribution in [0.5, 0.6) is 0 Å². The van der Waals surface area contributed by atoms with Gasteiger partial charge >= 0.3 is 5.97 Å². The van der Waals surface area contributed by atoms with Crippen LogP contribution in [0.3, 0.4) is 0 Å². The second-order valence-electron chi connectivity index (χ2n) is 2.40. The average molecular weight is 201 g/mol. The Morgan fingerprint density at radius 2 is 2.31 bits per heavy atom. The zero-order valence-corrected chi connectivity index (χ0v) is 8.13. The van der Waals surface area contributed by atoms with Gasteiger partial charge in [0.2, 0.25) is 0 Å². The largest absolute Gasteiger partial charge is 0.461 e. The summed E-state index contributed by atoms with van der Waals surface area (Å²) in [5.74, 6) is -0.542. The number of aromatic nitrogens is 2. The Bertz CT molecular complexity index is 328. The molecule has 1 rings (SSSR count). The Morgan fingerprint density at radius 3 is 2.85 bits per heavy atom. The molecule has 5 heteroatoms. The van der Waals surface area contributed by atoms with Gasteiger partial charge in [0.25, 0.3) is 0 Å². The highest BCUT2D eigenvalue weighted by Gasteiger charge is 2.13.